The maximum atomic E-state index is 10.2. The van der Waals surface area contributed by atoms with Crippen molar-refractivity contribution in [3.8, 4) is 5.75 Å². The molecule has 0 radical (unpaired) electrons. The minimum absolute atomic E-state index is 0.0730. The number of hydrogen-bond donors (Lipinski definition) is 0. The second-order valence-electron chi connectivity index (χ2n) is 3.41. The molecule has 0 aliphatic carbocycles. The Hall–Kier alpha value is -1.60. The summed E-state index contributed by atoms with van der Waals surface area (Å²) < 4.78 is 5.47. The second-order valence-corrected chi connectivity index (χ2v) is 3.41. The van der Waals surface area contributed by atoms with Crippen LogP contribution in [0.25, 0.3) is 0 Å². The number of isocyanates is 1. The predicted molar refractivity (Wildman–Crippen MR) is 52.2 cm³/mol. The lowest BCUT2D eigenvalue weighted by molar-refractivity contribution is 0.269. The van der Waals surface area contributed by atoms with Crippen LogP contribution in [0.3, 0.4) is 0 Å². The Morgan fingerprint density at radius 1 is 1.57 bits per heavy atom. The summed E-state index contributed by atoms with van der Waals surface area (Å²) in [6.45, 7) is 2.63. The van der Waals surface area contributed by atoms with Crippen LogP contribution in [0.1, 0.15) is 23.6 Å². The standard InChI is InChI=1S/C11H11NO2/c1-8-2-3-11-9(6-8)10(12-7-13)4-5-14-11/h2-3,6,10H,4-5H2,1H3. The van der Waals surface area contributed by atoms with Gasteiger partial charge in [0.05, 0.1) is 12.6 Å². The topological polar surface area (TPSA) is 38.7 Å². The van der Waals surface area contributed by atoms with E-state index >= 15 is 0 Å². The molecule has 0 bridgehead atoms. The van der Waals surface area contributed by atoms with Crippen LogP contribution in [-0.4, -0.2) is 12.7 Å². The van der Waals surface area contributed by atoms with E-state index in [1.54, 1.807) is 6.08 Å². The molecule has 0 amide bonds. The third kappa shape index (κ3) is 1.54. The third-order valence-electron chi connectivity index (χ3n) is 2.38. The number of ether oxygens (including phenoxy) is 1. The van der Waals surface area contributed by atoms with Crippen LogP contribution >= 0.6 is 0 Å². The smallest absolute Gasteiger partial charge is 0.235 e. The lowest BCUT2D eigenvalue weighted by Crippen LogP contribution is -2.12. The molecular weight excluding hydrogens is 178 g/mol. The first-order chi connectivity index (χ1) is 6.81. The first-order valence-corrected chi connectivity index (χ1v) is 4.61. The predicted octanol–water partition coefficient (Wildman–Crippen LogP) is 2.15. The van der Waals surface area contributed by atoms with Crippen LogP contribution in [0, 0.1) is 6.92 Å². The number of aliphatic imine (C=N–C) groups is 1. The molecule has 3 nitrogen and oxygen atoms in total. The Bertz CT molecular complexity index is 394. The van der Waals surface area contributed by atoms with Crippen molar-refractivity contribution >= 4 is 6.08 Å². The fraction of sp³-hybridized carbons (Fsp3) is 0.364. The Morgan fingerprint density at radius 2 is 2.43 bits per heavy atom. The van der Waals surface area contributed by atoms with Crippen LogP contribution in [0.5, 0.6) is 5.75 Å². The van der Waals surface area contributed by atoms with Gasteiger partial charge in [-0.3, -0.25) is 0 Å². The van der Waals surface area contributed by atoms with Gasteiger partial charge in [-0.1, -0.05) is 17.7 Å². The van der Waals surface area contributed by atoms with E-state index in [1.807, 2.05) is 25.1 Å². The molecule has 14 heavy (non-hydrogen) atoms. The molecular formula is C11H11NO2. The SMILES string of the molecule is Cc1ccc2c(c1)C(N=C=O)CCO2. The van der Waals surface area contributed by atoms with Crippen molar-refractivity contribution in [1.29, 1.82) is 0 Å². The maximum Gasteiger partial charge on any atom is 0.235 e. The molecule has 1 aromatic rings. The molecule has 0 aromatic heterocycles. The first-order valence-electron chi connectivity index (χ1n) is 4.61. The highest BCUT2D eigenvalue weighted by Gasteiger charge is 2.20. The van der Waals surface area contributed by atoms with Crippen LogP contribution < -0.4 is 4.74 Å². The van der Waals surface area contributed by atoms with E-state index in [9.17, 15) is 4.79 Å². The van der Waals surface area contributed by atoms with E-state index in [1.165, 1.54) is 0 Å². The molecule has 0 saturated heterocycles. The van der Waals surface area contributed by atoms with Crippen molar-refractivity contribution in [2.45, 2.75) is 19.4 Å². The summed E-state index contributed by atoms with van der Waals surface area (Å²) in [5.41, 5.74) is 2.15. The number of rotatable bonds is 1. The van der Waals surface area contributed by atoms with Crippen molar-refractivity contribution in [1.82, 2.24) is 0 Å². The van der Waals surface area contributed by atoms with Gasteiger partial charge in [-0.05, 0) is 13.0 Å². The summed E-state index contributed by atoms with van der Waals surface area (Å²) in [6, 6.07) is 5.86. The minimum Gasteiger partial charge on any atom is -0.493 e. The zero-order chi connectivity index (χ0) is 9.97. The van der Waals surface area contributed by atoms with Gasteiger partial charge in [0.1, 0.15) is 5.75 Å². The van der Waals surface area contributed by atoms with Crippen molar-refractivity contribution < 1.29 is 9.53 Å². The van der Waals surface area contributed by atoms with Gasteiger partial charge in [0.25, 0.3) is 0 Å². The quantitative estimate of drug-likeness (QED) is 0.501. The van der Waals surface area contributed by atoms with Gasteiger partial charge in [0, 0.05) is 12.0 Å². The number of aryl methyl sites for hydroxylation is 1. The largest absolute Gasteiger partial charge is 0.493 e. The molecule has 1 atom stereocenters. The van der Waals surface area contributed by atoms with E-state index < -0.39 is 0 Å². The number of hydrogen-bond acceptors (Lipinski definition) is 3. The number of fused-ring (bicyclic) bond motifs is 1. The fourth-order valence-corrected chi connectivity index (χ4v) is 1.69. The van der Waals surface area contributed by atoms with Gasteiger partial charge in [-0.2, -0.15) is 4.99 Å². The second kappa shape index (κ2) is 3.64. The molecule has 1 unspecified atom stereocenters. The molecule has 0 fully saturated rings. The van der Waals surface area contributed by atoms with E-state index in [4.69, 9.17) is 4.74 Å². The number of carbonyl (C=O) groups excluding carboxylic acids is 1. The Labute approximate surface area is 82.4 Å². The van der Waals surface area contributed by atoms with E-state index in [-0.39, 0.29) is 6.04 Å². The molecule has 1 heterocycles. The van der Waals surface area contributed by atoms with E-state index in [0.717, 1.165) is 23.3 Å². The summed E-state index contributed by atoms with van der Waals surface area (Å²) in [7, 11) is 0. The van der Waals surface area contributed by atoms with Crippen LogP contribution in [0.15, 0.2) is 23.2 Å². The fourth-order valence-electron chi connectivity index (χ4n) is 1.69. The van der Waals surface area contributed by atoms with Crippen molar-refractivity contribution in [2.24, 2.45) is 4.99 Å². The van der Waals surface area contributed by atoms with Gasteiger partial charge in [0.15, 0.2) is 0 Å². The number of nitrogens with zero attached hydrogens (tertiary/aromatic N) is 1. The van der Waals surface area contributed by atoms with E-state index in [0.29, 0.717) is 6.61 Å². The monoisotopic (exact) mass is 189 g/mol. The molecule has 2 rings (SSSR count). The molecule has 3 heteroatoms. The summed E-state index contributed by atoms with van der Waals surface area (Å²) in [5, 5.41) is 0. The first kappa shape index (κ1) is 8.97. The molecule has 72 valence electrons. The van der Waals surface area contributed by atoms with Gasteiger partial charge < -0.3 is 4.74 Å². The van der Waals surface area contributed by atoms with Crippen molar-refractivity contribution in [2.75, 3.05) is 6.61 Å². The van der Waals surface area contributed by atoms with Gasteiger partial charge >= 0.3 is 0 Å². The molecule has 0 spiro atoms. The Kier molecular flexibility index (Phi) is 2.33. The highest BCUT2D eigenvalue weighted by molar-refractivity contribution is 5.43. The Morgan fingerprint density at radius 3 is 3.21 bits per heavy atom. The van der Waals surface area contributed by atoms with Crippen molar-refractivity contribution in [3.05, 3.63) is 29.3 Å². The Balaban J connectivity index is 2.46. The highest BCUT2D eigenvalue weighted by Crippen LogP contribution is 2.34. The molecule has 1 aliphatic heterocycles. The third-order valence-corrected chi connectivity index (χ3v) is 2.38. The summed E-state index contributed by atoms with van der Waals surface area (Å²) in [4.78, 5) is 14.0. The summed E-state index contributed by atoms with van der Waals surface area (Å²) >= 11 is 0. The lowest BCUT2D eigenvalue weighted by Gasteiger charge is -2.22. The average molecular weight is 189 g/mol. The maximum absolute atomic E-state index is 10.2. The molecule has 0 saturated carbocycles. The van der Waals surface area contributed by atoms with Crippen molar-refractivity contribution in [3.63, 3.8) is 0 Å². The lowest BCUT2D eigenvalue weighted by atomic mass is 9.99. The van der Waals surface area contributed by atoms with E-state index in [2.05, 4.69) is 4.99 Å². The number of benzene rings is 1. The molecule has 0 N–H and O–H groups in total. The zero-order valence-electron chi connectivity index (χ0n) is 7.99. The summed E-state index contributed by atoms with van der Waals surface area (Å²) in [5.74, 6) is 0.839. The van der Waals surface area contributed by atoms with Crippen LogP contribution in [-0.2, 0) is 4.79 Å². The van der Waals surface area contributed by atoms with Gasteiger partial charge in [-0.25, -0.2) is 4.79 Å². The average Bonchev–Trinajstić information content (AvgIpc) is 2.19. The molecule has 1 aromatic carbocycles. The molecule has 1 aliphatic rings. The summed E-state index contributed by atoms with van der Waals surface area (Å²) in [6.07, 6.45) is 2.37. The highest BCUT2D eigenvalue weighted by atomic mass is 16.5. The van der Waals surface area contributed by atoms with Gasteiger partial charge in [-0.15, -0.1) is 0 Å². The van der Waals surface area contributed by atoms with Crippen LogP contribution in [0.4, 0.5) is 0 Å². The zero-order valence-corrected chi connectivity index (χ0v) is 7.99. The van der Waals surface area contributed by atoms with Gasteiger partial charge in [0.2, 0.25) is 6.08 Å². The normalized spacial score (nSPS) is 19.1. The minimum atomic E-state index is -0.0730. The van der Waals surface area contributed by atoms with Crippen LogP contribution in [0.2, 0.25) is 0 Å².